The maximum atomic E-state index is 13.3. The Morgan fingerprint density at radius 3 is 2.56 bits per heavy atom. The van der Waals surface area contributed by atoms with Gasteiger partial charge in [0.15, 0.2) is 11.5 Å². The summed E-state index contributed by atoms with van der Waals surface area (Å²) in [4.78, 5) is 11.2. The molecule has 0 aliphatic carbocycles. The van der Waals surface area contributed by atoms with Crippen LogP contribution in [0.1, 0.15) is 24.2 Å². The lowest BCUT2D eigenvalue weighted by atomic mass is 10.2. The van der Waals surface area contributed by atoms with Crippen molar-refractivity contribution in [2.75, 3.05) is 7.11 Å². The standard InChI is InChI=1S/C11H13FO4/c1-6(2)16-10-4-7(11(14)15-3)8(12)5-9(10)13/h4-6,13H,1-3H3. The molecule has 4 nitrogen and oxygen atoms in total. The van der Waals surface area contributed by atoms with Crippen LogP contribution >= 0.6 is 0 Å². The average molecular weight is 228 g/mol. The first kappa shape index (κ1) is 12.3. The van der Waals surface area contributed by atoms with Gasteiger partial charge in [0, 0.05) is 12.1 Å². The summed E-state index contributed by atoms with van der Waals surface area (Å²) >= 11 is 0. The highest BCUT2D eigenvalue weighted by Gasteiger charge is 2.17. The van der Waals surface area contributed by atoms with Crippen molar-refractivity contribution in [3.8, 4) is 11.5 Å². The van der Waals surface area contributed by atoms with E-state index in [0.717, 1.165) is 19.2 Å². The fraction of sp³-hybridized carbons (Fsp3) is 0.364. The summed E-state index contributed by atoms with van der Waals surface area (Å²) in [5.74, 6) is -1.96. The van der Waals surface area contributed by atoms with E-state index in [1.807, 2.05) is 0 Å². The summed E-state index contributed by atoms with van der Waals surface area (Å²) in [6, 6.07) is 1.94. The maximum absolute atomic E-state index is 13.3. The number of ether oxygens (including phenoxy) is 2. The van der Waals surface area contributed by atoms with Crippen molar-refractivity contribution in [3.63, 3.8) is 0 Å². The smallest absolute Gasteiger partial charge is 0.340 e. The molecule has 0 radical (unpaired) electrons. The number of phenols is 1. The van der Waals surface area contributed by atoms with Crippen molar-refractivity contribution >= 4 is 5.97 Å². The van der Waals surface area contributed by atoms with Gasteiger partial charge in [-0.2, -0.15) is 0 Å². The van der Waals surface area contributed by atoms with E-state index in [1.54, 1.807) is 13.8 Å². The second-order valence-electron chi connectivity index (χ2n) is 3.46. The predicted octanol–water partition coefficient (Wildman–Crippen LogP) is 2.11. The molecule has 0 fully saturated rings. The molecule has 1 aromatic rings. The van der Waals surface area contributed by atoms with Gasteiger partial charge in [-0.05, 0) is 13.8 Å². The van der Waals surface area contributed by atoms with Gasteiger partial charge < -0.3 is 14.6 Å². The van der Waals surface area contributed by atoms with E-state index < -0.39 is 11.8 Å². The van der Waals surface area contributed by atoms with Crippen molar-refractivity contribution in [1.29, 1.82) is 0 Å². The van der Waals surface area contributed by atoms with Gasteiger partial charge in [0.05, 0.1) is 18.8 Å². The summed E-state index contributed by atoms with van der Waals surface area (Å²) in [7, 11) is 1.15. The zero-order valence-electron chi connectivity index (χ0n) is 9.28. The van der Waals surface area contributed by atoms with Crippen LogP contribution < -0.4 is 4.74 Å². The number of phenolic OH excluding ortho intramolecular Hbond substituents is 1. The Bertz CT molecular complexity index is 401. The first-order chi connectivity index (χ1) is 7.45. The Kier molecular flexibility index (Phi) is 3.71. The summed E-state index contributed by atoms with van der Waals surface area (Å²) in [5, 5.41) is 9.40. The molecule has 0 aliphatic heterocycles. The number of halogens is 1. The van der Waals surface area contributed by atoms with Crippen LogP contribution in [-0.2, 0) is 4.74 Å². The Hall–Kier alpha value is -1.78. The molecule has 1 N–H and O–H groups in total. The van der Waals surface area contributed by atoms with Crippen LogP contribution in [0.3, 0.4) is 0 Å². The molecule has 5 heteroatoms. The monoisotopic (exact) mass is 228 g/mol. The minimum absolute atomic E-state index is 0.0526. The lowest BCUT2D eigenvalue weighted by molar-refractivity contribution is 0.0594. The number of rotatable bonds is 3. The molecule has 88 valence electrons. The molecule has 0 atom stereocenters. The molecule has 0 aromatic heterocycles. The van der Waals surface area contributed by atoms with Crippen molar-refractivity contribution in [2.24, 2.45) is 0 Å². The van der Waals surface area contributed by atoms with E-state index in [1.165, 1.54) is 0 Å². The highest BCUT2D eigenvalue weighted by atomic mass is 19.1. The number of benzene rings is 1. The van der Waals surface area contributed by atoms with E-state index in [2.05, 4.69) is 4.74 Å². The van der Waals surface area contributed by atoms with Gasteiger partial charge in [0.25, 0.3) is 0 Å². The Morgan fingerprint density at radius 2 is 2.06 bits per heavy atom. The molecule has 0 unspecified atom stereocenters. The SMILES string of the molecule is COC(=O)c1cc(OC(C)C)c(O)cc1F. The summed E-state index contributed by atoms with van der Waals surface area (Å²) in [6.07, 6.45) is -0.193. The fourth-order valence-electron chi connectivity index (χ4n) is 1.16. The van der Waals surface area contributed by atoms with Gasteiger partial charge >= 0.3 is 5.97 Å². The highest BCUT2D eigenvalue weighted by Crippen LogP contribution is 2.30. The zero-order chi connectivity index (χ0) is 12.3. The number of esters is 1. The molecule has 0 saturated heterocycles. The van der Waals surface area contributed by atoms with Crippen LogP contribution in [0.2, 0.25) is 0 Å². The third-order valence-electron chi connectivity index (χ3n) is 1.82. The van der Waals surface area contributed by atoms with Crippen LogP contribution in [0.4, 0.5) is 4.39 Å². The van der Waals surface area contributed by atoms with Crippen molar-refractivity contribution in [2.45, 2.75) is 20.0 Å². The molecule has 0 heterocycles. The van der Waals surface area contributed by atoms with Crippen LogP contribution in [0.15, 0.2) is 12.1 Å². The summed E-state index contributed by atoms with van der Waals surface area (Å²) in [6.45, 7) is 3.50. The molecule has 0 saturated carbocycles. The van der Waals surface area contributed by atoms with Crippen LogP contribution in [-0.4, -0.2) is 24.3 Å². The third-order valence-corrected chi connectivity index (χ3v) is 1.82. The van der Waals surface area contributed by atoms with Gasteiger partial charge in [-0.3, -0.25) is 0 Å². The first-order valence-corrected chi connectivity index (χ1v) is 4.73. The molecule has 0 bridgehead atoms. The number of hydrogen-bond donors (Lipinski definition) is 1. The molecule has 0 spiro atoms. The van der Waals surface area contributed by atoms with Gasteiger partial charge in [-0.1, -0.05) is 0 Å². The van der Waals surface area contributed by atoms with E-state index >= 15 is 0 Å². The molecule has 0 amide bonds. The third kappa shape index (κ3) is 2.62. The van der Waals surface area contributed by atoms with Gasteiger partial charge in [0.1, 0.15) is 5.82 Å². The van der Waals surface area contributed by atoms with Crippen LogP contribution in [0, 0.1) is 5.82 Å². The number of hydrogen-bond acceptors (Lipinski definition) is 4. The Labute approximate surface area is 92.6 Å². The fourth-order valence-corrected chi connectivity index (χ4v) is 1.16. The number of methoxy groups -OCH3 is 1. The minimum atomic E-state index is -0.847. The van der Waals surface area contributed by atoms with E-state index in [0.29, 0.717) is 0 Å². The average Bonchev–Trinajstić information content (AvgIpc) is 2.20. The van der Waals surface area contributed by atoms with Gasteiger partial charge in [-0.25, -0.2) is 9.18 Å². The van der Waals surface area contributed by atoms with E-state index in [-0.39, 0.29) is 23.2 Å². The van der Waals surface area contributed by atoms with Crippen molar-refractivity contribution in [3.05, 3.63) is 23.5 Å². The normalized spacial score (nSPS) is 10.3. The van der Waals surface area contributed by atoms with E-state index in [9.17, 15) is 14.3 Å². The zero-order valence-corrected chi connectivity index (χ0v) is 9.28. The second-order valence-corrected chi connectivity index (χ2v) is 3.46. The molecular weight excluding hydrogens is 215 g/mol. The van der Waals surface area contributed by atoms with Gasteiger partial charge in [-0.15, -0.1) is 0 Å². The quantitative estimate of drug-likeness (QED) is 0.805. The number of carbonyl (C=O) groups is 1. The molecule has 16 heavy (non-hydrogen) atoms. The lowest BCUT2D eigenvalue weighted by Gasteiger charge is -2.12. The predicted molar refractivity (Wildman–Crippen MR) is 55.2 cm³/mol. The second kappa shape index (κ2) is 4.83. The van der Waals surface area contributed by atoms with Gasteiger partial charge in [0.2, 0.25) is 0 Å². The summed E-state index contributed by atoms with van der Waals surface area (Å²) in [5.41, 5.74) is -0.268. The van der Waals surface area contributed by atoms with Crippen LogP contribution in [0.25, 0.3) is 0 Å². The largest absolute Gasteiger partial charge is 0.504 e. The van der Waals surface area contributed by atoms with E-state index in [4.69, 9.17) is 4.74 Å². The van der Waals surface area contributed by atoms with Crippen molar-refractivity contribution in [1.82, 2.24) is 0 Å². The van der Waals surface area contributed by atoms with Crippen molar-refractivity contribution < 1.29 is 23.8 Å². The summed E-state index contributed by atoms with van der Waals surface area (Å²) < 4.78 is 22.9. The molecule has 0 aliphatic rings. The topological polar surface area (TPSA) is 55.8 Å². The molecule has 1 aromatic carbocycles. The molecular formula is C11H13FO4. The maximum Gasteiger partial charge on any atom is 0.340 e. The first-order valence-electron chi connectivity index (χ1n) is 4.73. The lowest BCUT2D eigenvalue weighted by Crippen LogP contribution is -2.09. The minimum Gasteiger partial charge on any atom is -0.504 e. The Balaban J connectivity index is 3.16. The molecule has 1 rings (SSSR count). The highest BCUT2D eigenvalue weighted by molar-refractivity contribution is 5.90. The van der Waals surface area contributed by atoms with Crippen LogP contribution in [0.5, 0.6) is 11.5 Å². The Morgan fingerprint density at radius 1 is 1.44 bits per heavy atom. The number of carbonyl (C=O) groups excluding carboxylic acids is 1. The number of aromatic hydroxyl groups is 1.